The first-order chi connectivity index (χ1) is 23.0. The Hall–Kier alpha value is -0.280. The number of benzene rings is 1. The lowest BCUT2D eigenvalue weighted by atomic mass is 10.1. The highest BCUT2D eigenvalue weighted by molar-refractivity contribution is 9.11. The van der Waals surface area contributed by atoms with Crippen LogP contribution in [0.25, 0.3) is 0 Å². The van der Waals surface area contributed by atoms with Crippen LogP contribution in [0.5, 0.6) is 11.5 Å². The second-order valence-electron chi connectivity index (χ2n) is 11.1. The fourth-order valence-electron chi connectivity index (χ4n) is 3.55. The fraction of sp³-hybridized carbons (Fsp3) is 0.533. The Kier molecular flexibility index (Phi) is 17.8. The van der Waals surface area contributed by atoms with Crippen LogP contribution < -0.4 is 9.47 Å². The summed E-state index contributed by atoms with van der Waals surface area (Å²) in [6.07, 6.45) is 0. The topological polar surface area (TPSA) is 124 Å². The molecule has 0 aromatic heterocycles. The van der Waals surface area contributed by atoms with Gasteiger partial charge < -0.3 is 28.4 Å². The molecule has 0 bridgehead atoms. The minimum atomic E-state index is -1.38. The molecule has 2 heterocycles. The smallest absolute Gasteiger partial charge is 0.333 e. The molecule has 1 aromatic rings. The summed E-state index contributed by atoms with van der Waals surface area (Å²) in [6.45, 7) is 12.6. The number of hydrogen-bond acceptors (Lipinski definition) is 16. The molecule has 2 atom stereocenters. The monoisotopic (exact) mass is 984 g/mol. The molecule has 0 radical (unpaired) electrons. The maximum absolute atomic E-state index is 12.8. The van der Waals surface area contributed by atoms with E-state index < -0.39 is 35.1 Å². The van der Waals surface area contributed by atoms with E-state index in [0.717, 1.165) is 20.3 Å². The molecule has 0 saturated carbocycles. The van der Waals surface area contributed by atoms with Gasteiger partial charge in [-0.05, 0) is 81.6 Å². The third-order valence-electron chi connectivity index (χ3n) is 6.14. The lowest BCUT2D eigenvalue weighted by Gasteiger charge is -2.31. The van der Waals surface area contributed by atoms with Gasteiger partial charge in [0.05, 0.1) is 8.95 Å². The van der Waals surface area contributed by atoms with Crippen LogP contribution in [0.1, 0.15) is 27.7 Å². The highest BCUT2D eigenvalue weighted by atomic mass is 79.9. The number of thioether (sulfide) groups is 6. The molecular weight excluding hydrogens is 952 g/mol. The molecule has 19 heteroatoms. The van der Waals surface area contributed by atoms with Crippen LogP contribution in [-0.2, 0) is 38.1 Å². The summed E-state index contributed by atoms with van der Waals surface area (Å²) < 4.78 is 35.6. The SMILES string of the molecule is C=C(C)C(=O)OC(C)(COC(=O)C1SCSCS1)COc1c(Br)cc(Br)c(OCC(C)(COC(=O)C2SCSCS2)OC(=O)C(=C)C)c1Br. The van der Waals surface area contributed by atoms with Crippen molar-refractivity contribution in [3.05, 3.63) is 43.8 Å². The molecule has 3 rings (SSSR count). The van der Waals surface area contributed by atoms with Crippen molar-refractivity contribution in [1.29, 1.82) is 0 Å². The molecule has 2 fully saturated rings. The third-order valence-corrected chi connectivity index (χ3v) is 16.5. The van der Waals surface area contributed by atoms with Crippen LogP contribution in [0.15, 0.2) is 43.8 Å². The minimum absolute atomic E-state index is 0.172. The molecule has 2 aliphatic rings. The Labute approximate surface area is 336 Å². The van der Waals surface area contributed by atoms with Crippen LogP contribution in [0.4, 0.5) is 0 Å². The van der Waals surface area contributed by atoms with Gasteiger partial charge in [-0.1, -0.05) is 13.2 Å². The molecule has 2 saturated heterocycles. The zero-order valence-electron chi connectivity index (χ0n) is 27.0. The van der Waals surface area contributed by atoms with E-state index in [-0.39, 0.29) is 58.2 Å². The largest absolute Gasteiger partial charge is 0.487 e. The number of carbonyl (C=O) groups is 4. The van der Waals surface area contributed by atoms with Gasteiger partial charge in [-0.15, -0.1) is 70.6 Å². The average molecular weight is 988 g/mol. The number of esters is 4. The number of rotatable bonds is 16. The van der Waals surface area contributed by atoms with Gasteiger partial charge in [-0.3, -0.25) is 0 Å². The van der Waals surface area contributed by atoms with Crippen molar-refractivity contribution < 1.29 is 47.6 Å². The van der Waals surface area contributed by atoms with Gasteiger partial charge >= 0.3 is 23.9 Å². The number of carbonyl (C=O) groups excluding carboxylic acids is 4. The first-order valence-corrected chi connectivity index (χ1v) is 23.1. The van der Waals surface area contributed by atoms with Gasteiger partial charge in [0.25, 0.3) is 0 Å². The van der Waals surface area contributed by atoms with Gasteiger partial charge in [0.1, 0.15) is 40.1 Å². The number of hydrogen-bond donors (Lipinski definition) is 0. The van der Waals surface area contributed by atoms with E-state index in [1.165, 1.54) is 60.9 Å². The van der Waals surface area contributed by atoms with Crippen molar-refractivity contribution >= 4 is 142 Å². The van der Waals surface area contributed by atoms with Crippen molar-refractivity contribution in [3.63, 3.8) is 0 Å². The molecule has 10 nitrogen and oxygen atoms in total. The van der Waals surface area contributed by atoms with Crippen molar-refractivity contribution in [2.75, 3.05) is 46.8 Å². The van der Waals surface area contributed by atoms with Gasteiger partial charge in [-0.25, -0.2) is 19.2 Å². The molecule has 2 aliphatic heterocycles. The molecule has 49 heavy (non-hydrogen) atoms. The zero-order chi connectivity index (χ0) is 36.4. The lowest BCUT2D eigenvalue weighted by Crippen LogP contribution is -2.44. The fourth-order valence-corrected chi connectivity index (χ4v) is 15.0. The van der Waals surface area contributed by atoms with E-state index >= 15 is 0 Å². The predicted octanol–water partition coefficient (Wildman–Crippen LogP) is 8.48. The van der Waals surface area contributed by atoms with Crippen LogP contribution in [0.2, 0.25) is 0 Å². The Bertz CT molecular complexity index is 1320. The normalized spacial score (nSPS) is 17.9. The molecular formula is C30H35Br3O10S6. The first kappa shape index (κ1) is 43.1. The number of halogens is 3. The van der Waals surface area contributed by atoms with E-state index in [0.29, 0.717) is 13.4 Å². The Morgan fingerprint density at radius 3 is 1.37 bits per heavy atom. The molecule has 0 spiro atoms. The van der Waals surface area contributed by atoms with Gasteiger partial charge in [-0.2, -0.15) is 0 Å². The Morgan fingerprint density at radius 1 is 0.694 bits per heavy atom. The average Bonchev–Trinajstić information content (AvgIpc) is 3.06. The van der Waals surface area contributed by atoms with E-state index in [1.54, 1.807) is 43.4 Å². The van der Waals surface area contributed by atoms with Crippen LogP contribution in [0.3, 0.4) is 0 Å². The molecule has 0 N–H and O–H groups in total. The summed E-state index contributed by atoms with van der Waals surface area (Å²) in [5, 5.41) is 3.14. The van der Waals surface area contributed by atoms with E-state index in [9.17, 15) is 19.2 Å². The first-order valence-electron chi connectivity index (χ1n) is 14.2. The third kappa shape index (κ3) is 13.6. The van der Waals surface area contributed by atoms with Crippen LogP contribution >= 0.6 is 118 Å². The van der Waals surface area contributed by atoms with Crippen LogP contribution in [0, 0.1) is 0 Å². The Morgan fingerprint density at radius 2 is 1.04 bits per heavy atom. The number of ether oxygens (including phenoxy) is 6. The quantitative estimate of drug-likeness (QED) is 0.0893. The highest BCUT2D eigenvalue weighted by Crippen LogP contribution is 2.46. The summed E-state index contributed by atoms with van der Waals surface area (Å²) in [6, 6.07) is 1.69. The predicted molar refractivity (Wildman–Crippen MR) is 214 cm³/mol. The molecule has 272 valence electrons. The van der Waals surface area contributed by atoms with Gasteiger partial charge in [0.15, 0.2) is 22.7 Å². The van der Waals surface area contributed by atoms with E-state index in [2.05, 4.69) is 60.9 Å². The molecule has 1 aromatic carbocycles. The molecule has 0 aliphatic carbocycles. The van der Waals surface area contributed by atoms with Crippen LogP contribution in [-0.4, -0.2) is 91.0 Å². The van der Waals surface area contributed by atoms with Gasteiger partial charge in [0.2, 0.25) is 0 Å². The van der Waals surface area contributed by atoms with E-state index in [4.69, 9.17) is 28.4 Å². The summed E-state index contributed by atoms with van der Waals surface area (Å²) in [5.41, 5.74) is -2.43. The second-order valence-corrected chi connectivity index (χ2v) is 22.0. The maximum Gasteiger partial charge on any atom is 0.333 e. The van der Waals surface area contributed by atoms with Crippen molar-refractivity contribution in [3.8, 4) is 11.5 Å². The maximum atomic E-state index is 12.8. The molecule has 0 amide bonds. The second kappa shape index (κ2) is 20.3. The lowest BCUT2D eigenvalue weighted by molar-refractivity contribution is -0.170. The molecule has 2 unspecified atom stereocenters. The zero-order valence-corrected chi connectivity index (χ0v) is 36.6. The standard InChI is InChI=1S/C30H35Br3O10S6/c1-16(2)23(34)42-29(5,10-40-25(36)27-46-12-44-13-47-27)8-38-21-18(31)7-19(32)22(20(21)33)39-9-30(6,43-24(35)17(3)4)11-41-26(37)28-48-14-45-15-49-28/h7,27-28H,1,3,8-15H2,2,4-6H3. The van der Waals surface area contributed by atoms with Crippen molar-refractivity contribution in [2.24, 2.45) is 0 Å². The summed E-state index contributed by atoms with van der Waals surface area (Å²) >= 11 is 20.0. The van der Waals surface area contributed by atoms with E-state index in [1.807, 2.05) is 0 Å². The van der Waals surface area contributed by atoms with Gasteiger partial charge in [0, 0.05) is 31.5 Å². The van der Waals surface area contributed by atoms with Crippen molar-refractivity contribution in [2.45, 2.75) is 48.1 Å². The summed E-state index contributed by atoms with van der Waals surface area (Å²) in [7, 11) is 0. The van der Waals surface area contributed by atoms with Crippen molar-refractivity contribution in [1.82, 2.24) is 0 Å². The summed E-state index contributed by atoms with van der Waals surface area (Å²) in [4.78, 5) is 50.7. The Balaban J connectivity index is 1.78. The summed E-state index contributed by atoms with van der Waals surface area (Å²) in [5.74, 6) is -1.58. The highest BCUT2D eigenvalue weighted by Gasteiger charge is 2.37. The minimum Gasteiger partial charge on any atom is -0.487 e.